The number of carbonyl (C=O) groups is 1. The SMILES string of the molecule is CC(C)C[C@H](CN)CC(=O)Nc1nc2ccccc2[nH]1. The van der Waals surface area contributed by atoms with Gasteiger partial charge in [0.05, 0.1) is 11.0 Å². The molecule has 20 heavy (non-hydrogen) atoms. The maximum absolute atomic E-state index is 12.0. The smallest absolute Gasteiger partial charge is 0.227 e. The third kappa shape index (κ3) is 3.81. The first-order valence-corrected chi connectivity index (χ1v) is 7.03. The van der Waals surface area contributed by atoms with Crippen LogP contribution >= 0.6 is 0 Å². The van der Waals surface area contributed by atoms with Gasteiger partial charge in [-0.2, -0.15) is 0 Å². The van der Waals surface area contributed by atoms with Gasteiger partial charge in [-0.3, -0.25) is 10.1 Å². The number of benzene rings is 1. The van der Waals surface area contributed by atoms with Crippen LogP contribution in [0.4, 0.5) is 5.95 Å². The fourth-order valence-electron chi connectivity index (χ4n) is 2.39. The summed E-state index contributed by atoms with van der Waals surface area (Å²) in [4.78, 5) is 19.4. The molecule has 0 unspecified atom stereocenters. The number of imidazole rings is 1. The zero-order valence-electron chi connectivity index (χ0n) is 12.0. The number of rotatable bonds is 6. The van der Waals surface area contributed by atoms with E-state index in [9.17, 15) is 4.79 Å². The molecule has 1 aromatic heterocycles. The molecular formula is C15H22N4O. The summed E-state index contributed by atoms with van der Waals surface area (Å²) in [5.74, 6) is 1.22. The average molecular weight is 274 g/mol. The summed E-state index contributed by atoms with van der Waals surface area (Å²) in [6.45, 7) is 4.81. The number of aromatic nitrogens is 2. The van der Waals surface area contributed by atoms with Crippen molar-refractivity contribution in [2.24, 2.45) is 17.6 Å². The number of anilines is 1. The summed E-state index contributed by atoms with van der Waals surface area (Å²) in [6, 6.07) is 7.68. The number of para-hydroxylation sites is 2. The highest BCUT2D eigenvalue weighted by molar-refractivity contribution is 5.91. The second kappa shape index (κ2) is 6.52. The molecule has 0 bridgehead atoms. The third-order valence-corrected chi connectivity index (χ3v) is 3.26. The summed E-state index contributed by atoms with van der Waals surface area (Å²) in [7, 11) is 0. The molecule has 1 amide bonds. The minimum atomic E-state index is -0.0415. The Kier molecular flexibility index (Phi) is 4.74. The Bertz CT molecular complexity index is 543. The van der Waals surface area contributed by atoms with Crippen molar-refractivity contribution in [3.63, 3.8) is 0 Å². The van der Waals surface area contributed by atoms with E-state index in [0.29, 0.717) is 24.8 Å². The van der Waals surface area contributed by atoms with E-state index in [2.05, 4.69) is 29.1 Å². The number of H-pyrrole nitrogens is 1. The van der Waals surface area contributed by atoms with Gasteiger partial charge >= 0.3 is 0 Å². The van der Waals surface area contributed by atoms with E-state index in [4.69, 9.17) is 5.73 Å². The van der Waals surface area contributed by atoms with E-state index in [0.717, 1.165) is 17.5 Å². The Labute approximate surface area is 119 Å². The molecule has 0 aliphatic carbocycles. The Morgan fingerprint density at radius 2 is 2.15 bits per heavy atom. The Morgan fingerprint density at radius 1 is 1.40 bits per heavy atom. The summed E-state index contributed by atoms with van der Waals surface area (Å²) in [5, 5.41) is 2.81. The van der Waals surface area contributed by atoms with Crippen LogP contribution in [-0.4, -0.2) is 22.4 Å². The van der Waals surface area contributed by atoms with Crippen molar-refractivity contribution < 1.29 is 4.79 Å². The molecule has 0 spiro atoms. The molecule has 0 aliphatic rings. The van der Waals surface area contributed by atoms with E-state index < -0.39 is 0 Å². The molecule has 1 heterocycles. The molecule has 2 rings (SSSR count). The molecule has 1 atom stereocenters. The molecule has 0 radical (unpaired) electrons. The van der Waals surface area contributed by atoms with Crippen molar-refractivity contribution in [1.82, 2.24) is 9.97 Å². The third-order valence-electron chi connectivity index (χ3n) is 3.26. The number of hydrogen-bond donors (Lipinski definition) is 3. The molecule has 4 N–H and O–H groups in total. The monoisotopic (exact) mass is 274 g/mol. The highest BCUT2D eigenvalue weighted by atomic mass is 16.1. The molecule has 2 aromatic rings. The topological polar surface area (TPSA) is 83.8 Å². The zero-order valence-corrected chi connectivity index (χ0v) is 12.0. The molecule has 0 saturated heterocycles. The van der Waals surface area contributed by atoms with Crippen LogP contribution in [0.1, 0.15) is 26.7 Å². The van der Waals surface area contributed by atoms with Crippen LogP contribution in [0, 0.1) is 11.8 Å². The van der Waals surface area contributed by atoms with E-state index in [1.54, 1.807) is 0 Å². The number of carbonyl (C=O) groups excluding carboxylic acids is 1. The number of fused-ring (bicyclic) bond motifs is 1. The molecule has 0 fully saturated rings. The van der Waals surface area contributed by atoms with Crippen LogP contribution in [-0.2, 0) is 4.79 Å². The number of nitrogens with two attached hydrogens (primary N) is 1. The van der Waals surface area contributed by atoms with Gasteiger partial charge in [0.1, 0.15) is 0 Å². The summed E-state index contributed by atoms with van der Waals surface area (Å²) >= 11 is 0. The molecular weight excluding hydrogens is 252 g/mol. The van der Waals surface area contributed by atoms with Gasteiger partial charge in [-0.1, -0.05) is 26.0 Å². The van der Waals surface area contributed by atoms with Gasteiger partial charge in [0.25, 0.3) is 0 Å². The quantitative estimate of drug-likeness (QED) is 0.756. The number of nitrogens with zero attached hydrogens (tertiary/aromatic N) is 1. The van der Waals surface area contributed by atoms with Gasteiger partial charge in [-0.15, -0.1) is 0 Å². The van der Waals surface area contributed by atoms with Crippen LogP contribution in [0.15, 0.2) is 24.3 Å². The highest BCUT2D eigenvalue weighted by Crippen LogP contribution is 2.16. The van der Waals surface area contributed by atoms with Crippen molar-refractivity contribution in [2.75, 3.05) is 11.9 Å². The van der Waals surface area contributed by atoms with Gasteiger partial charge in [0.2, 0.25) is 11.9 Å². The molecule has 1 aromatic carbocycles. The van der Waals surface area contributed by atoms with E-state index in [1.807, 2.05) is 24.3 Å². The van der Waals surface area contributed by atoms with Crippen LogP contribution in [0.25, 0.3) is 11.0 Å². The fourth-order valence-corrected chi connectivity index (χ4v) is 2.39. The maximum atomic E-state index is 12.0. The first-order valence-electron chi connectivity index (χ1n) is 7.03. The molecule has 0 aliphatic heterocycles. The van der Waals surface area contributed by atoms with Gasteiger partial charge < -0.3 is 10.7 Å². The predicted molar refractivity (Wildman–Crippen MR) is 81.3 cm³/mol. The molecule has 0 saturated carbocycles. The Morgan fingerprint density at radius 3 is 2.80 bits per heavy atom. The summed E-state index contributed by atoms with van der Waals surface area (Å²) < 4.78 is 0. The van der Waals surface area contributed by atoms with Crippen LogP contribution in [0.2, 0.25) is 0 Å². The molecule has 108 valence electrons. The lowest BCUT2D eigenvalue weighted by Crippen LogP contribution is -2.23. The lowest BCUT2D eigenvalue weighted by Gasteiger charge is -2.15. The first-order chi connectivity index (χ1) is 9.58. The van der Waals surface area contributed by atoms with Crippen molar-refractivity contribution in [3.05, 3.63) is 24.3 Å². The first kappa shape index (κ1) is 14.5. The Balaban J connectivity index is 1.96. The molecule has 5 nitrogen and oxygen atoms in total. The van der Waals surface area contributed by atoms with Crippen LogP contribution < -0.4 is 11.1 Å². The molecule has 5 heteroatoms. The van der Waals surface area contributed by atoms with Gasteiger partial charge in [0.15, 0.2) is 0 Å². The lowest BCUT2D eigenvalue weighted by atomic mass is 9.94. The van der Waals surface area contributed by atoms with Crippen LogP contribution in [0.5, 0.6) is 0 Å². The van der Waals surface area contributed by atoms with E-state index in [1.165, 1.54) is 0 Å². The van der Waals surface area contributed by atoms with Gasteiger partial charge in [0, 0.05) is 6.42 Å². The van der Waals surface area contributed by atoms with Crippen molar-refractivity contribution in [3.8, 4) is 0 Å². The van der Waals surface area contributed by atoms with E-state index in [-0.39, 0.29) is 11.8 Å². The second-order valence-electron chi connectivity index (χ2n) is 5.59. The van der Waals surface area contributed by atoms with Gasteiger partial charge in [-0.25, -0.2) is 4.98 Å². The standard InChI is InChI=1S/C15H22N4O/c1-10(2)7-11(9-16)8-14(20)19-15-17-12-5-3-4-6-13(12)18-15/h3-6,10-11H,7-9,16H2,1-2H3,(H2,17,18,19,20)/t11-/m0/s1. The largest absolute Gasteiger partial charge is 0.330 e. The number of amides is 1. The Hall–Kier alpha value is -1.88. The number of nitrogens with one attached hydrogen (secondary N) is 2. The number of hydrogen-bond acceptors (Lipinski definition) is 3. The fraction of sp³-hybridized carbons (Fsp3) is 0.467. The highest BCUT2D eigenvalue weighted by Gasteiger charge is 2.15. The van der Waals surface area contributed by atoms with Crippen molar-refractivity contribution >= 4 is 22.9 Å². The average Bonchev–Trinajstić information content (AvgIpc) is 2.79. The minimum Gasteiger partial charge on any atom is -0.330 e. The van der Waals surface area contributed by atoms with Crippen molar-refractivity contribution in [1.29, 1.82) is 0 Å². The van der Waals surface area contributed by atoms with Crippen LogP contribution in [0.3, 0.4) is 0 Å². The van der Waals surface area contributed by atoms with E-state index >= 15 is 0 Å². The maximum Gasteiger partial charge on any atom is 0.227 e. The number of aromatic amines is 1. The summed E-state index contributed by atoms with van der Waals surface area (Å²) in [6.07, 6.45) is 1.40. The lowest BCUT2D eigenvalue weighted by molar-refractivity contribution is -0.117. The predicted octanol–water partition coefficient (Wildman–Crippen LogP) is 2.51. The second-order valence-corrected chi connectivity index (χ2v) is 5.59. The normalized spacial score (nSPS) is 12.8. The minimum absolute atomic E-state index is 0.0415. The van der Waals surface area contributed by atoms with Gasteiger partial charge in [-0.05, 0) is 36.9 Å². The zero-order chi connectivity index (χ0) is 14.5. The van der Waals surface area contributed by atoms with Crippen molar-refractivity contribution in [2.45, 2.75) is 26.7 Å². The summed E-state index contributed by atoms with van der Waals surface area (Å²) in [5.41, 5.74) is 7.49.